The minimum Gasteiger partial charge on any atom is -0.480 e. The first-order chi connectivity index (χ1) is 6.93. The Kier molecular flexibility index (Phi) is 2.50. The zero-order valence-electron chi connectivity index (χ0n) is 8.40. The molecule has 0 saturated carbocycles. The van der Waals surface area contributed by atoms with Crippen molar-refractivity contribution in [3.63, 3.8) is 0 Å². The van der Waals surface area contributed by atoms with Crippen LogP contribution in [-0.2, 0) is 14.6 Å². The summed E-state index contributed by atoms with van der Waals surface area (Å²) in [5.41, 5.74) is -0.0889. The number of sulfone groups is 1. The highest BCUT2D eigenvalue weighted by atomic mass is 32.2. The fourth-order valence-corrected chi connectivity index (χ4v) is 4.14. The summed E-state index contributed by atoms with van der Waals surface area (Å²) in [6, 6.07) is -0.495. The Morgan fingerprint density at radius 1 is 1.33 bits per heavy atom. The Morgan fingerprint density at radius 3 is 2.40 bits per heavy atom. The van der Waals surface area contributed by atoms with Crippen LogP contribution in [0.25, 0.3) is 0 Å². The maximum atomic E-state index is 11.3. The first kappa shape index (κ1) is 10.9. The van der Waals surface area contributed by atoms with Gasteiger partial charge in [-0.05, 0) is 24.7 Å². The van der Waals surface area contributed by atoms with E-state index in [1.54, 1.807) is 0 Å². The monoisotopic (exact) mass is 233 g/mol. The Bertz CT molecular complexity index is 362. The minimum atomic E-state index is -2.86. The van der Waals surface area contributed by atoms with Crippen molar-refractivity contribution in [1.82, 2.24) is 5.32 Å². The summed E-state index contributed by atoms with van der Waals surface area (Å²) >= 11 is 0. The van der Waals surface area contributed by atoms with E-state index in [0.29, 0.717) is 25.8 Å². The lowest BCUT2D eigenvalue weighted by molar-refractivity contribution is -0.139. The van der Waals surface area contributed by atoms with Crippen LogP contribution in [0.3, 0.4) is 0 Å². The SMILES string of the molecule is O=C(O)C1CC2(CCS(=O)(=O)CC2)CN1. The van der Waals surface area contributed by atoms with Crippen molar-refractivity contribution in [2.24, 2.45) is 5.41 Å². The molecular formula is C9H15NO4S. The van der Waals surface area contributed by atoms with Gasteiger partial charge in [0.1, 0.15) is 15.9 Å². The van der Waals surface area contributed by atoms with Crippen LogP contribution in [0.1, 0.15) is 19.3 Å². The third-order valence-electron chi connectivity index (χ3n) is 3.55. The standard InChI is InChI=1S/C9H15NO4S/c11-8(12)7-5-9(6-10-7)1-3-15(13,14)4-2-9/h7,10H,1-6H2,(H,11,12). The van der Waals surface area contributed by atoms with Crippen LogP contribution in [0.15, 0.2) is 0 Å². The Morgan fingerprint density at radius 2 is 1.93 bits per heavy atom. The molecule has 0 bridgehead atoms. The molecule has 86 valence electrons. The second-order valence-corrected chi connectivity index (χ2v) is 6.93. The van der Waals surface area contributed by atoms with Crippen LogP contribution in [-0.4, -0.2) is 43.6 Å². The van der Waals surface area contributed by atoms with Crippen molar-refractivity contribution in [3.05, 3.63) is 0 Å². The maximum absolute atomic E-state index is 11.3. The van der Waals surface area contributed by atoms with Crippen LogP contribution in [0, 0.1) is 5.41 Å². The molecule has 6 heteroatoms. The van der Waals surface area contributed by atoms with Crippen molar-refractivity contribution < 1.29 is 18.3 Å². The van der Waals surface area contributed by atoms with Gasteiger partial charge in [0.2, 0.25) is 0 Å². The number of nitrogens with one attached hydrogen (secondary N) is 1. The summed E-state index contributed by atoms with van der Waals surface area (Å²) in [5, 5.41) is 11.8. The lowest BCUT2D eigenvalue weighted by Gasteiger charge is -2.32. The highest BCUT2D eigenvalue weighted by molar-refractivity contribution is 7.91. The molecule has 2 rings (SSSR count). The molecule has 0 aliphatic carbocycles. The summed E-state index contributed by atoms with van der Waals surface area (Å²) < 4.78 is 22.5. The number of aliphatic carboxylic acids is 1. The van der Waals surface area contributed by atoms with Gasteiger partial charge in [0, 0.05) is 6.54 Å². The van der Waals surface area contributed by atoms with Crippen LogP contribution >= 0.6 is 0 Å². The molecule has 2 saturated heterocycles. The number of carbonyl (C=O) groups is 1. The number of hydrogen-bond acceptors (Lipinski definition) is 4. The molecule has 2 fully saturated rings. The minimum absolute atomic E-state index is 0.0889. The molecule has 2 heterocycles. The number of carboxylic acid groups (broad SMARTS) is 1. The van der Waals surface area contributed by atoms with E-state index in [9.17, 15) is 13.2 Å². The lowest BCUT2D eigenvalue weighted by atomic mass is 9.80. The first-order valence-corrected chi connectivity index (χ1v) is 6.91. The molecule has 0 aromatic heterocycles. The number of carboxylic acids is 1. The van der Waals surface area contributed by atoms with Crippen molar-refractivity contribution in [3.8, 4) is 0 Å². The molecule has 1 unspecified atom stereocenters. The molecule has 2 aliphatic heterocycles. The Hall–Kier alpha value is -0.620. The molecule has 0 aromatic rings. The van der Waals surface area contributed by atoms with Crippen LogP contribution in [0.4, 0.5) is 0 Å². The van der Waals surface area contributed by atoms with Crippen LogP contribution in [0.5, 0.6) is 0 Å². The summed E-state index contributed by atoms with van der Waals surface area (Å²) in [4.78, 5) is 10.8. The molecule has 2 N–H and O–H groups in total. The number of hydrogen-bond donors (Lipinski definition) is 2. The third kappa shape index (κ3) is 2.15. The van der Waals surface area contributed by atoms with Crippen molar-refractivity contribution in [1.29, 1.82) is 0 Å². The summed E-state index contributed by atoms with van der Waals surface area (Å²) in [7, 11) is -2.86. The highest BCUT2D eigenvalue weighted by Gasteiger charge is 2.44. The predicted octanol–water partition coefficient (Wildman–Crippen LogP) is -0.372. The topological polar surface area (TPSA) is 83.5 Å². The van der Waals surface area contributed by atoms with E-state index >= 15 is 0 Å². The fourth-order valence-electron chi connectivity index (χ4n) is 2.44. The van der Waals surface area contributed by atoms with Gasteiger partial charge < -0.3 is 10.4 Å². The Labute approximate surface area is 88.8 Å². The van der Waals surface area contributed by atoms with E-state index in [-0.39, 0.29) is 16.9 Å². The van der Waals surface area contributed by atoms with E-state index in [1.807, 2.05) is 0 Å². The first-order valence-electron chi connectivity index (χ1n) is 5.09. The van der Waals surface area contributed by atoms with Gasteiger partial charge in [-0.1, -0.05) is 0 Å². The summed E-state index contributed by atoms with van der Waals surface area (Å²) in [6.45, 7) is 0.638. The second-order valence-electron chi connectivity index (χ2n) is 4.63. The third-order valence-corrected chi connectivity index (χ3v) is 5.20. The zero-order valence-corrected chi connectivity index (χ0v) is 9.22. The normalized spacial score (nSPS) is 32.9. The summed E-state index contributed by atoms with van der Waals surface area (Å²) in [5.74, 6) is -0.414. The quantitative estimate of drug-likeness (QED) is 0.645. The molecule has 2 aliphatic rings. The van der Waals surface area contributed by atoms with Crippen molar-refractivity contribution in [2.45, 2.75) is 25.3 Å². The van der Waals surface area contributed by atoms with Gasteiger partial charge in [0.15, 0.2) is 0 Å². The zero-order chi connectivity index (χ0) is 11.1. The molecular weight excluding hydrogens is 218 g/mol. The van der Waals surface area contributed by atoms with E-state index in [4.69, 9.17) is 5.11 Å². The molecule has 15 heavy (non-hydrogen) atoms. The predicted molar refractivity (Wildman–Crippen MR) is 54.4 cm³/mol. The molecule has 0 aromatic carbocycles. The molecule has 0 radical (unpaired) electrons. The highest BCUT2D eigenvalue weighted by Crippen LogP contribution is 2.39. The van der Waals surface area contributed by atoms with Gasteiger partial charge in [-0.15, -0.1) is 0 Å². The largest absolute Gasteiger partial charge is 0.480 e. The van der Waals surface area contributed by atoms with E-state index in [0.717, 1.165) is 0 Å². The van der Waals surface area contributed by atoms with Gasteiger partial charge in [-0.25, -0.2) is 8.42 Å². The average molecular weight is 233 g/mol. The molecule has 5 nitrogen and oxygen atoms in total. The Balaban J connectivity index is 2.04. The van der Waals surface area contributed by atoms with Gasteiger partial charge in [-0.2, -0.15) is 0 Å². The fraction of sp³-hybridized carbons (Fsp3) is 0.889. The van der Waals surface area contributed by atoms with Crippen molar-refractivity contribution in [2.75, 3.05) is 18.1 Å². The second kappa shape index (κ2) is 3.45. The van der Waals surface area contributed by atoms with Gasteiger partial charge in [0.05, 0.1) is 11.5 Å². The molecule has 0 amide bonds. The maximum Gasteiger partial charge on any atom is 0.320 e. The number of rotatable bonds is 1. The molecule has 1 atom stereocenters. The summed E-state index contributed by atoms with van der Waals surface area (Å²) in [6.07, 6.45) is 1.77. The molecule has 1 spiro atoms. The van der Waals surface area contributed by atoms with Crippen LogP contribution < -0.4 is 5.32 Å². The van der Waals surface area contributed by atoms with Crippen LogP contribution in [0.2, 0.25) is 0 Å². The van der Waals surface area contributed by atoms with E-state index in [1.165, 1.54) is 0 Å². The lowest BCUT2D eigenvalue weighted by Crippen LogP contribution is -2.35. The average Bonchev–Trinajstić information content (AvgIpc) is 2.56. The van der Waals surface area contributed by atoms with E-state index < -0.39 is 21.8 Å². The van der Waals surface area contributed by atoms with Gasteiger partial charge >= 0.3 is 5.97 Å². The smallest absolute Gasteiger partial charge is 0.320 e. The van der Waals surface area contributed by atoms with E-state index in [2.05, 4.69) is 5.32 Å². The van der Waals surface area contributed by atoms with Gasteiger partial charge in [-0.3, -0.25) is 4.79 Å². The van der Waals surface area contributed by atoms with Gasteiger partial charge in [0.25, 0.3) is 0 Å². The van der Waals surface area contributed by atoms with Crippen molar-refractivity contribution >= 4 is 15.8 Å².